The van der Waals surface area contributed by atoms with Crippen molar-refractivity contribution < 1.29 is 48.8 Å². The van der Waals surface area contributed by atoms with Crippen LogP contribution in [-0.2, 0) is 37.0 Å². The van der Waals surface area contributed by atoms with E-state index in [0.29, 0.717) is 6.42 Å². The first-order chi connectivity index (χ1) is 20.7. The van der Waals surface area contributed by atoms with E-state index >= 15 is 0 Å². The molecule has 2 unspecified atom stereocenters. The quantitative estimate of drug-likeness (QED) is 0.0601. The number of aliphatic hydroxyl groups excluding tert-OH is 3. The number of nitro benzene ring substituents is 1. The number of carbonyl (C=O) groups excluding carboxylic acids is 2. The molecule has 1 heterocycles. The van der Waals surface area contributed by atoms with Gasteiger partial charge in [-0.3, -0.25) is 14.9 Å². The van der Waals surface area contributed by atoms with E-state index in [9.17, 15) is 35.0 Å². The largest absolute Gasteiger partial charge is 0.499 e. The molecule has 242 valence electrons. The fourth-order valence-corrected chi connectivity index (χ4v) is 4.91. The maximum Gasteiger partial charge on any atom is 0.378 e. The number of hydrogen-bond donors (Lipinski definition) is 3. The molecule has 0 spiro atoms. The Kier molecular flexibility index (Phi) is 16.4. The van der Waals surface area contributed by atoms with Crippen molar-refractivity contribution in [1.29, 1.82) is 0 Å². The molecule has 12 heteroatoms. The van der Waals surface area contributed by atoms with Gasteiger partial charge in [0.25, 0.3) is 5.69 Å². The van der Waals surface area contributed by atoms with E-state index in [1.807, 2.05) is 0 Å². The molecule has 1 aromatic rings. The number of ether oxygens (including phenoxy) is 4. The summed E-state index contributed by atoms with van der Waals surface area (Å²) in [7, 11) is 1.30. The highest BCUT2D eigenvalue weighted by Crippen LogP contribution is 2.32. The number of unbranched alkanes of at least 4 members (excludes halogenated alkanes) is 12. The summed E-state index contributed by atoms with van der Waals surface area (Å²) in [4.78, 5) is 35.0. The van der Waals surface area contributed by atoms with Crippen LogP contribution in [0.3, 0.4) is 0 Å². The Hall–Kier alpha value is -3.38. The van der Waals surface area contributed by atoms with Crippen LogP contribution in [0.5, 0.6) is 5.75 Å². The van der Waals surface area contributed by atoms with Gasteiger partial charge in [0.2, 0.25) is 5.76 Å². The molecule has 0 amide bonds. The summed E-state index contributed by atoms with van der Waals surface area (Å²) in [6.07, 6.45) is 12.6. The lowest BCUT2D eigenvalue weighted by molar-refractivity contribution is -0.386. The minimum absolute atomic E-state index is 0.0203. The standard InChI is InChI=1S/C31H47NO11/c1-3-4-5-6-7-8-9-10-11-12-13-14-15-16-27(35)41-21-25(34)29-30(28(36)31(37)43-29)42-20-23-17-22(19-33)26(40-2)18-24(23)32(38)39/h17-18,25,29,33-34,36H,3-16,19-21H2,1-2H3. The van der Waals surface area contributed by atoms with E-state index in [2.05, 4.69) is 6.92 Å². The Morgan fingerprint density at radius 1 is 1.00 bits per heavy atom. The van der Waals surface area contributed by atoms with Gasteiger partial charge in [-0.15, -0.1) is 0 Å². The summed E-state index contributed by atoms with van der Waals surface area (Å²) in [5.74, 6) is -2.90. The lowest BCUT2D eigenvalue weighted by Gasteiger charge is -2.20. The van der Waals surface area contributed by atoms with Gasteiger partial charge in [-0.2, -0.15) is 0 Å². The van der Waals surface area contributed by atoms with Gasteiger partial charge in [-0.05, 0) is 12.5 Å². The molecule has 1 aromatic carbocycles. The smallest absolute Gasteiger partial charge is 0.378 e. The Balaban J connectivity index is 1.74. The van der Waals surface area contributed by atoms with Crippen molar-refractivity contribution in [3.63, 3.8) is 0 Å². The lowest BCUT2D eigenvalue weighted by Crippen LogP contribution is -2.34. The van der Waals surface area contributed by atoms with E-state index in [0.717, 1.165) is 25.3 Å². The highest BCUT2D eigenvalue weighted by molar-refractivity contribution is 5.89. The maximum absolute atomic E-state index is 12.2. The van der Waals surface area contributed by atoms with Gasteiger partial charge in [-0.25, -0.2) is 4.79 Å². The van der Waals surface area contributed by atoms with Gasteiger partial charge in [0.05, 0.1) is 30.3 Å². The van der Waals surface area contributed by atoms with Crippen LogP contribution in [0.4, 0.5) is 5.69 Å². The number of hydrogen-bond acceptors (Lipinski definition) is 11. The summed E-state index contributed by atoms with van der Waals surface area (Å²) >= 11 is 0. The van der Waals surface area contributed by atoms with Crippen LogP contribution in [0, 0.1) is 10.1 Å². The highest BCUT2D eigenvalue weighted by Gasteiger charge is 2.41. The van der Waals surface area contributed by atoms with Gasteiger partial charge in [0, 0.05) is 12.0 Å². The van der Waals surface area contributed by atoms with Crippen molar-refractivity contribution >= 4 is 17.6 Å². The lowest BCUT2D eigenvalue weighted by atomic mass is 10.0. The number of nitrogens with zero attached hydrogens (tertiary/aromatic N) is 1. The fraction of sp³-hybridized carbons (Fsp3) is 0.677. The molecule has 1 aliphatic heterocycles. The van der Waals surface area contributed by atoms with Crippen LogP contribution in [0.25, 0.3) is 0 Å². The second kappa shape index (κ2) is 19.7. The zero-order valence-electron chi connectivity index (χ0n) is 25.4. The average Bonchev–Trinajstić information content (AvgIpc) is 3.29. The maximum atomic E-state index is 12.2. The number of carbonyl (C=O) groups is 2. The third-order valence-corrected chi connectivity index (χ3v) is 7.40. The first-order valence-electron chi connectivity index (χ1n) is 15.3. The molecule has 2 atom stereocenters. The van der Waals surface area contributed by atoms with E-state index in [1.165, 1.54) is 71.0 Å². The van der Waals surface area contributed by atoms with Crippen LogP contribution in [0.1, 0.15) is 108 Å². The molecule has 0 saturated carbocycles. The number of aliphatic hydroxyl groups is 3. The Bertz CT molecular complexity index is 1070. The van der Waals surface area contributed by atoms with Gasteiger partial charge in [0.1, 0.15) is 25.1 Å². The van der Waals surface area contributed by atoms with E-state index in [1.54, 1.807) is 0 Å². The number of esters is 2. The Labute approximate surface area is 253 Å². The number of rotatable bonds is 23. The van der Waals surface area contributed by atoms with Gasteiger partial charge in [-0.1, -0.05) is 84.0 Å². The predicted octanol–water partition coefficient (Wildman–Crippen LogP) is 5.69. The number of methoxy groups -OCH3 is 1. The second-order valence-corrected chi connectivity index (χ2v) is 10.8. The normalized spacial score (nSPS) is 15.3. The Morgan fingerprint density at radius 2 is 1.58 bits per heavy atom. The van der Waals surface area contributed by atoms with Crippen LogP contribution in [0.2, 0.25) is 0 Å². The molecule has 3 N–H and O–H groups in total. The molecule has 12 nitrogen and oxygen atoms in total. The molecular formula is C31H47NO11. The van der Waals surface area contributed by atoms with E-state index in [-0.39, 0.29) is 29.0 Å². The SMILES string of the molecule is CCCCCCCCCCCCCCCC(=O)OCC(O)C1OC(=O)C(O)=C1OCc1cc(CO)c(OC)cc1[N+](=O)[O-]. The second-order valence-electron chi connectivity index (χ2n) is 10.8. The molecule has 0 aliphatic carbocycles. The molecule has 0 radical (unpaired) electrons. The van der Waals surface area contributed by atoms with Crippen LogP contribution < -0.4 is 4.74 Å². The molecule has 43 heavy (non-hydrogen) atoms. The monoisotopic (exact) mass is 609 g/mol. The summed E-state index contributed by atoms with van der Waals surface area (Å²) in [5, 5.41) is 41.8. The predicted molar refractivity (Wildman–Crippen MR) is 157 cm³/mol. The van der Waals surface area contributed by atoms with Gasteiger partial charge in [0.15, 0.2) is 11.9 Å². The number of benzene rings is 1. The zero-order chi connectivity index (χ0) is 31.6. The summed E-state index contributed by atoms with van der Waals surface area (Å²) in [6, 6.07) is 2.42. The van der Waals surface area contributed by atoms with Crippen molar-refractivity contribution in [3.8, 4) is 5.75 Å². The van der Waals surface area contributed by atoms with Crippen molar-refractivity contribution in [2.45, 2.75) is 122 Å². The van der Waals surface area contributed by atoms with Crippen LogP contribution in [-0.4, -0.2) is 58.1 Å². The summed E-state index contributed by atoms with van der Waals surface area (Å²) in [6.45, 7) is 0.761. The minimum Gasteiger partial charge on any atom is -0.499 e. The average molecular weight is 610 g/mol. The Morgan fingerprint density at radius 3 is 2.12 bits per heavy atom. The molecule has 2 rings (SSSR count). The van der Waals surface area contributed by atoms with Crippen molar-refractivity contribution in [2.24, 2.45) is 0 Å². The van der Waals surface area contributed by atoms with Gasteiger partial charge < -0.3 is 34.3 Å². The number of nitro groups is 1. The topological polar surface area (TPSA) is 175 Å². The first kappa shape index (κ1) is 35.8. The molecule has 0 saturated heterocycles. The molecule has 1 aliphatic rings. The summed E-state index contributed by atoms with van der Waals surface area (Å²) in [5.41, 5.74) is -0.0961. The number of cyclic esters (lactones) is 1. The van der Waals surface area contributed by atoms with Gasteiger partial charge >= 0.3 is 11.9 Å². The molecule has 0 bridgehead atoms. The zero-order valence-corrected chi connectivity index (χ0v) is 25.4. The van der Waals surface area contributed by atoms with E-state index < -0.39 is 60.4 Å². The third kappa shape index (κ3) is 12.0. The highest BCUT2D eigenvalue weighted by atomic mass is 16.6. The fourth-order valence-electron chi connectivity index (χ4n) is 4.91. The van der Waals surface area contributed by atoms with Crippen molar-refractivity contribution in [3.05, 3.63) is 44.9 Å². The first-order valence-corrected chi connectivity index (χ1v) is 15.3. The minimum atomic E-state index is -1.54. The summed E-state index contributed by atoms with van der Waals surface area (Å²) < 4.78 is 20.7. The van der Waals surface area contributed by atoms with Crippen LogP contribution >= 0.6 is 0 Å². The molecular weight excluding hydrogens is 562 g/mol. The van der Waals surface area contributed by atoms with Crippen molar-refractivity contribution in [1.82, 2.24) is 0 Å². The van der Waals surface area contributed by atoms with E-state index in [4.69, 9.17) is 18.9 Å². The molecule has 0 fully saturated rings. The molecule has 0 aromatic heterocycles. The van der Waals surface area contributed by atoms with Crippen LogP contribution in [0.15, 0.2) is 23.7 Å². The van der Waals surface area contributed by atoms with Crippen molar-refractivity contribution in [2.75, 3.05) is 13.7 Å². The third-order valence-electron chi connectivity index (χ3n) is 7.40.